The molecule has 4 aromatic carbocycles. The number of carboxylic acid groups (broad SMARTS) is 1. The van der Waals surface area contributed by atoms with Gasteiger partial charge in [0, 0.05) is 16.7 Å². The van der Waals surface area contributed by atoms with Gasteiger partial charge in [0.2, 0.25) is 0 Å². The van der Waals surface area contributed by atoms with Crippen molar-refractivity contribution in [1.29, 1.82) is 0 Å². The van der Waals surface area contributed by atoms with Gasteiger partial charge in [-0.25, -0.2) is 9.48 Å². The van der Waals surface area contributed by atoms with E-state index < -0.39 is 12.1 Å². The Hall–Kier alpha value is -4.64. The van der Waals surface area contributed by atoms with Gasteiger partial charge < -0.3 is 9.84 Å². The van der Waals surface area contributed by atoms with Crippen LogP contribution in [-0.2, 0) is 11.2 Å². The summed E-state index contributed by atoms with van der Waals surface area (Å²) in [4.78, 5) is 11.3. The fraction of sp³-hybridized carbons (Fsp3) is 0.125. The molecule has 5 nitrogen and oxygen atoms in total. The maximum absolute atomic E-state index is 11.3. The number of ether oxygens (including phenoxy) is 1. The van der Waals surface area contributed by atoms with E-state index in [4.69, 9.17) is 9.84 Å². The molecule has 0 radical (unpaired) electrons. The van der Waals surface area contributed by atoms with Crippen LogP contribution in [0.1, 0.15) is 19.5 Å². The van der Waals surface area contributed by atoms with Gasteiger partial charge in [-0.05, 0) is 42.7 Å². The van der Waals surface area contributed by atoms with E-state index in [1.807, 2.05) is 59.3 Å². The van der Waals surface area contributed by atoms with Gasteiger partial charge in [-0.15, -0.1) is 0 Å². The molecule has 184 valence electrons. The molecule has 0 saturated carbocycles. The molecule has 37 heavy (non-hydrogen) atoms. The van der Waals surface area contributed by atoms with Gasteiger partial charge in [-0.2, -0.15) is 5.10 Å². The van der Waals surface area contributed by atoms with Gasteiger partial charge in [-0.3, -0.25) is 0 Å². The number of aliphatic carboxylic acids is 1. The maximum atomic E-state index is 11.3. The van der Waals surface area contributed by atoms with Crippen molar-refractivity contribution in [1.82, 2.24) is 9.78 Å². The van der Waals surface area contributed by atoms with Crippen molar-refractivity contribution < 1.29 is 14.6 Å². The van der Waals surface area contributed by atoms with E-state index >= 15 is 0 Å². The SMILES string of the molecule is CCc1c(-c2ccccc2)c(-c2ccccc2)nn1-c1ccccc1-c1cccc(OC(C)C(=O)O)c1. The Labute approximate surface area is 216 Å². The van der Waals surface area contributed by atoms with Crippen LogP contribution in [0.3, 0.4) is 0 Å². The van der Waals surface area contributed by atoms with Crippen molar-refractivity contribution >= 4 is 5.97 Å². The largest absolute Gasteiger partial charge is 0.479 e. The number of carboxylic acids is 1. The molecule has 0 aliphatic heterocycles. The van der Waals surface area contributed by atoms with E-state index in [9.17, 15) is 9.90 Å². The van der Waals surface area contributed by atoms with Gasteiger partial charge in [0.25, 0.3) is 0 Å². The zero-order valence-electron chi connectivity index (χ0n) is 20.8. The van der Waals surface area contributed by atoms with Gasteiger partial charge >= 0.3 is 5.97 Å². The van der Waals surface area contributed by atoms with E-state index in [2.05, 4.69) is 55.5 Å². The summed E-state index contributed by atoms with van der Waals surface area (Å²) in [6, 6.07) is 36.3. The standard InChI is InChI=1S/C32H28N2O3/c1-3-28-30(23-13-6-4-7-14-23)31(24-15-8-5-9-16-24)33-34(28)29-20-11-10-19-27(29)25-17-12-18-26(21-25)37-22(2)32(35)36/h4-22H,3H2,1-2H3,(H,35,36). The lowest BCUT2D eigenvalue weighted by molar-refractivity contribution is -0.144. The zero-order valence-corrected chi connectivity index (χ0v) is 20.8. The summed E-state index contributed by atoms with van der Waals surface area (Å²) in [7, 11) is 0. The number of rotatable bonds is 8. The maximum Gasteiger partial charge on any atom is 0.344 e. The minimum atomic E-state index is -1.00. The molecule has 5 aromatic rings. The Bertz CT molecular complexity index is 1520. The molecular weight excluding hydrogens is 460 g/mol. The van der Waals surface area contributed by atoms with Crippen molar-refractivity contribution in [3.63, 3.8) is 0 Å². The smallest absolute Gasteiger partial charge is 0.344 e. The predicted octanol–water partition coefficient (Wildman–Crippen LogP) is 7.29. The van der Waals surface area contributed by atoms with Crippen LogP contribution in [-0.4, -0.2) is 27.0 Å². The topological polar surface area (TPSA) is 64.4 Å². The van der Waals surface area contributed by atoms with Crippen LogP contribution in [0.4, 0.5) is 0 Å². The molecule has 0 spiro atoms. The van der Waals surface area contributed by atoms with Crippen LogP contribution >= 0.6 is 0 Å². The van der Waals surface area contributed by atoms with Crippen molar-refractivity contribution in [3.8, 4) is 44.9 Å². The highest BCUT2D eigenvalue weighted by molar-refractivity contribution is 5.84. The molecule has 0 fully saturated rings. The molecule has 1 unspecified atom stereocenters. The van der Waals surface area contributed by atoms with Crippen LogP contribution in [0, 0.1) is 0 Å². The molecule has 0 bridgehead atoms. The number of hydrogen-bond acceptors (Lipinski definition) is 3. The molecule has 0 aliphatic rings. The molecular formula is C32H28N2O3. The first kappa shape index (κ1) is 24.1. The second-order valence-electron chi connectivity index (χ2n) is 8.81. The number of carbonyl (C=O) groups is 1. The number of nitrogens with zero attached hydrogens (tertiary/aromatic N) is 2. The monoisotopic (exact) mass is 488 g/mol. The Morgan fingerprint density at radius 1 is 0.838 bits per heavy atom. The molecule has 1 heterocycles. The second kappa shape index (κ2) is 10.5. The van der Waals surface area contributed by atoms with Gasteiger partial charge in [0.05, 0.1) is 11.4 Å². The van der Waals surface area contributed by atoms with Crippen LogP contribution in [0.2, 0.25) is 0 Å². The summed E-state index contributed by atoms with van der Waals surface area (Å²) >= 11 is 0. The van der Waals surface area contributed by atoms with Crippen LogP contribution in [0.5, 0.6) is 5.75 Å². The van der Waals surface area contributed by atoms with Crippen LogP contribution < -0.4 is 4.74 Å². The Balaban J connectivity index is 1.69. The van der Waals surface area contributed by atoms with Crippen molar-refractivity contribution in [3.05, 3.63) is 115 Å². The lowest BCUT2D eigenvalue weighted by Crippen LogP contribution is -2.22. The van der Waals surface area contributed by atoms with Gasteiger partial charge in [0.1, 0.15) is 11.4 Å². The van der Waals surface area contributed by atoms with Crippen LogP contribution in [0.15, 0.2) is 109 Å². The first-order valence-electron chi connectivity index (χ1n) is 12.4. The summed E-state index contributed by atoms with van der Waals surface area (Å²) < 4.78 is 7.69. The first-order valence-corrected chi connectivity index (χ1v) is 12.4. The number of aromatic nitrogens is 2. The summed E-state index contributed by atoms with van der Waals surface area (Å²) in [6.07, 6.45) is -0.150. The van der Waals surface area contributed by atoms with E-state index in [1.54, 1.807) is 6.07 Å². The van der Waals surface area contributed by atoms with E-state index in [0.29, 0.717) is 5.75 Å². The molecule has 1 atom stereocenters. The summed E-state index contributed by atoms with van der Waals surface area (Å²) in [6.45, 7) is 3.68. The summed E-state index contributed by atoms with van der Waals surface area (Å²) in [5, 5.41) is 14.4. The van der Waals surface area contributed by atoms with E-state index in [1.165, 1.54) is 6.92 Å². The highest BCUT2D eigenvalue weighted by atomic mass is 16.5. The third kappa shape index (κ3) is 4.89. The fourth-order valence-corrected chi connectivity index (χ4v) is 4.58. The Kier molecular flexibility index (Phi) is 6.86. The molecule has 5 rings (SSSR count). The highest BCUT2D eigenvalue weighted by Crippen LogP contribution is 2.38. The third-order valence-corrected chi connectivity index (χ3v) is 6.36. The molecule has 0 saturated heterocycles. The molecule has 1 aromatic heterocycles. The minimum absolute atomic E-state index is 0.508. The van der Waals surface area contributed by atoms with Crippen molar-refractivity contribution in [2.24, 2.45) is 0 Å². The lowest BCUT2D eigenvalue weighted by atomic mass is 9.97. The summed E-state index contributed by atoms with van der Waals surface area (Å²) in [5.74, 6) is -0.495. The summed E-state index contributed by atoms with van der Waals surface area (Å²) in [5.41, 5.74) is 8.21. The lowest BCUT2D eigenvalue weighted by Gasteiger charge is -2.15. The number of para-hydroxylation sites is 1. The van der Waals surface area contributed by atoms with E-state index in [-0.39, 0.29) is 0 Å². The molecule has 5 heteroatoms. The average Bonchev–Trinajstić information content (AvgIpc) is 3.34. The van der Waals surface area contributed by atoms with Crippen LogP contribution in [0.25, 0.3) is 39.2 Å². The predicted molar refractivity (Wildman–Crippen MR) is 147 cm³/mol. The zero-order chi connectivity index (χ0) is 25.8. The van der Waals surface area contributed by atoms with Crippen molar-refractivity contribution in [2.45, 2.75) is 26.4 Å². The normalized spacial score (nSPS) is 11.7. The first-order chi connectivity index (χ1) is 18.1. The van der Waals surface area contributed by atoms with Gasteiger partial charge in [0.15, 0.2) is 6.10 Å². The Morgan fingerprint density at radius 3 is 2.14 bits per heavy atom. The average molecular weight is 489 g/mol. The molecule has 0 amide bonds. The number of hydrogen-bond donors (Lipinski definition) is 1. The van der Waals surface area contributed by atoms with Crippen molar-refractivity contribution in [2.75, 3.05) is 0 Å². The highest BCUT2D eigenvalue weighted by Gasteiger charge is 2.22. The fourth-order valence-electron chi connectivity index (χ4n) is 4.58. The minimum Gasteiger partial charge on any atom is -0.479 e. The number of benzene rings is 4. The van der Waals surface area contributed by atoms with E-state index in [0.717, 1.165) is 51.3 Å². The third-order valence-electron chi connectivity index (χ3n) is 6.36. The second-order valence-corrected chi connectivity index (χ2v) is 8.81. The molecule has 0 aliphatic carbocycles. The molecule has 1 N–H and O–H groups in total. The Morgan fingerprint density at radius 2 is 1.46 bits per heavy atom. The quantitative estimate of drug-likeness (QED) is 0.249. The van der Waals surface area contributed by atoms with Gasteiger partial charge in [-0.1, -0.05) is 97.9 Å².